The molecule has 1 N–H and O–H groups in total. The second-order valence-corrected chi connectivity index (χ2v) is 6.98. The predicted octanol–water partition coefficient (Wildman–Crippen LogP) is 4.52. The molecule has 1 unspecified atom stereocenters. The fraction of sp³-hybridized carbons (Fsp3) is 0.227. The molecule has 1 aliphatic rings. The van der Waals surface area contributed by atoms with E-state index in [1.165, 1.54) is 0 Å². The summed E-state index contributed by atoms with van der Waals surface area (Å²) in [6.07, 6.45) is 0. The van der Waals surface area contributed by atoms with E-state index in [0.717, 1.165) is 22.1 Å². The molecule has 3 aromatic carbocycles. The van der Waals surface area contributed by atoms with E-state index in [1.54, 1.807) is 12.1 Å². The van der Waals surface area contributed by atoms with Crippen molar-refractivity contribution in [3.05, 3.63) is 65.2 Å². The molecule has 0 aromatic heterocycles. The van der Waals surface area contributed by atoms with Crippen molar-refractivity contribution in [3.63, 3.8) is 0 Å². The maximum absolute atomic E-state index is 12.4. The van der Waals surface area contributed by atoms with Crippen molar-refractivity contribution in [3.8, 4) is 17.2 Å². The average Bonchev–Trinajstić information content (AvgIpc) is 2.73. The summed E-state index contributed by atoms with van der Waals surface area (Å²) in [5.74, 6) is 1.85. The molecule has 0 aliphatic carbocycles. The molecule has 0 radical (unpaired) electrons. The Kier molecular flexibility index (Phi) is 5.26. The van der Waals surface area contributed by atoms with E-state index in [-0.39, 0.29) is 18.6 Å². The minimum atomic E-state index is -0.207. The second-order valence-electron chi connectivity index (χ2n) is 6.57. The van der Waals surface area contributed by atoms with Crippen LogP contribution in [0.5, 0.6) is 17.2 Å². The Morgan fingerprint density at radius 1 is 1.07 bits per heavy atom. The molecule has 0 fully saturated rings. The molecule has 5 nitrogen and oxygen atoms in total. The van der Waals surface area contributed by atoms with Crippen molar-refractivity contribution >= 4 is 28.3 Å². The van der Waals surface area contributed by atoms with Gasteiger partial charge < -0.3 is 19.5 Å². The van der Waals surface area contributed by atoms with Gasteiger partial charge >= 0.3 is 0 Å². The van der Waals surface area contributed by atoms with Gasteiger partial charge in [0.15, 0.2) is 18.1 Å². The van der Waals surface area contributed by atoms with Gasteiger partial charge in [-0.05, 0) is 36.8 Å². The molecule has 4 rings (SSSR count). The Labute approximate surface area is 168 Å². The van der Waals surface area contributed by atoms with Gasteiger partial charge in [0.2, 0.25) is 0 Å². The number of hydrogen-bond donors (Lipinski definition) is 1. The number of carbonyl (C=O) groups excluding carboxylic acids is 1. The standard InChI is InChI=1S/C22H20ClNO4/c1-14(15-6-8-20-21(12-15)27-11-10-26-20)24-22(25)13-28-19-9-7-18(23)16-4-2-3-5-17(16)19/h2-9,12,14H,10-11,13H2,1H3,(H,24,25). The molecular formula is C22H20ClNO4. The van der Waals surface area contributed by atoms with E-state index >= 15 is 0 Å². The summed E-state index contributed by atoms with van der Waals surface area (Å²) in [6, 6.07) is 16.7. The zero-order chi connectivity index (χ0) is 19.5. The Morgan fingerprint density at radius 3 is 2.64 bits per heavy atom. The van der Waals surface area contributed by atoms with Crippen LogP contribution in [0.25, 0.3) is 10.8 Å². The van der Waals surface area contributed by atoms with Crippen LogP contribution < -0.4 is 19.5 Å². The van der Waals surface area contributed by atoms with Gasteiger partial charge in [0.05, 0.1) is 6.04 Å². The van der Waals surface area contributed by atoms with Crippen LogP contribution in [0.1, 0.15) is 18.5 Å². The molecule has 1 atom stereocenters. The molecule has 28 heavy (non-hydrogen) atoms. The van der Waals surface area contributed by atoms with Crippen LogP contribution in [0.3, 0.4) is 0 Å². The zero-order valence-corrected chi connectivity index (χ0v) is 16.2. The third kappa shape index (κ3) is 3.85. The van der Waals surface area contributed by atoms with Crippen LogP contribution in [-0.4, -0.2) is 25.7 Å². The van der Waals surface area contributed by atoms with Gasteiger partial charge in [-0.3, -0.25) is 4.79 Å². The monoisotopic (exact) mass is 397 g/mol. The van der Waals surface area contributed by atoms with Crippen molar-refractivity contribution in [2.24, 2.45) is 0 Å². The molecule has 0 saturated carbocycles. The first kappa shape index (κ1) is 18.4. The summed E-state index contributed by atoms with van der Waals surface area (Å²) in [5.41, 5.74) is 0.939. The number of carbonyl (C=O) groups is 1. The Bertz CT molecular complexity index is 1020. The Balaban J connectivity index is 1.40. The molecule has 3 aromatic rings. The van der Waals surface area contributed by atoms with E-state index in [4.69, 9.17) is 25.8 Å². The van der Waals surface area contributed by atoms with Crippen LogP contribution >= 0.6 is 11.6 Å². The van der Waals surface area contributed by atoms with Crippen molar-refractivity contribution in [2.45, 2.75) is 13.0 Å². The zero-order valence-electron chi connectivity index (χ0n) is 15.4. The Morgan fingerprint density at radius 2 is 1.82 bits per heavy atom. The topological polar surface area (TPSA) is 56.8 Å². The number of halogens is 1. The van der Waals surface area contributed by atoms with E-state index in [2.05, 4.69) is 5.32 Å². The number of hydrogen-bond acceptors (Lipinski definition) is 4. The smallest absolute Gasteiger partial charge is 0.258 e. The third-order valence-corrected chi connectivity index (χ3v) is 4.96. The summed E-state index contributed by atoms with van der Waals surface area (Å²) in [7, 11) is 0. The lowest BCUT2D eigenvalue weighted by Crippen LogP contribution is -2.31. The molecular weight excluding hydrogens is 378 g/mol. The second kappa shape index (κ2) is 7.98. The highest BCUT2D eigenvalue weighted by Crippen LogP contribution is 2.33. The normalized spacial score (nSPS) is 13.8. The van der Waals surface area contributed by atoms with E-state index < -0.39 is 0 Å². The molecule has 0 saturated heterocycles. The van der Waals surface area contributed by atoms with Gasteiger partial charge in [0.25, 0.3) is 5.91 Å². The quantitative estimate of drug-likeness (QED) is 0.687. The first-order valence-electron chi connectivity index (χ1n) is 9.11. The maximum Gasteiger partial charge on any atom is 0.258 e. The molecule has 0 bridgehead atoms. The van der Waals surface area contributed by atoms with Gasteiger partial charge in [-0.25, -0.2) is 0 Å². The average molecular weight is 398 g/mol. The van der Waals surface area contributed by atoms with Gasteiger partial charge in [0.1, 0.15) is 19.0 Å². The number of benzene rings is 3. The molecule has 1 amide bonds. The van der Waals surface area contributed by atoms with Crippen molar-refractivity contribution in [1.29, 1.82) is 0 Å². The van der Waals surface area contributed by atoms with Crippen LogP contribution in [0.15, 0.2) is 54.6 Å². The third-order valence-electron chi connectivity index (χ3n) is 4.63. The number of ether oxygens (including phenoxy) is 3. The largest absolute Gasteiger partial charge is 0.486 e. The number of nitrogens with one attached hydrogen (secondary N) is 1. The maximum atomic E-state index is 12.4. The number of fused-ring (bicyclic) bond motifs is 2. The minimum absolute atomic E-state index is 0.0828. The summed E-state index contributed by atoms with van der Waals surface area (Å²) in [6.45, 7) is 2.91. The van der Waals surface area contributed by atoms with E-state index in [1.807, 2.05) is 49.4 Å². The summed E-state index contributed by atoms with van der Waals surface area (Å²) < 4.78 is 16.9. The van der Waals surface area contributed by atoms with Crippen LogP contribution in [0, 0.1) is 0 Å². The van der Waals surface area contributed by atoms with Crippen molar-refractivity contribution in [2.75, 3.05) is 19.8 Å². The molecule has 6 heteroatoms. The number of amides is 1. The molecule has 1 aliphatic heterocycles. The summed E-state index contributed by atoms with van der Waals surface area (Å²) in [5, 5.41) is 5.37. The van der Waals surface area contributed by atoms with E-state index in [0.29, 0.717) is 29.7 Å². The summed E-state index contributed by atoms with van der Waals surface area (Å²) in [4.78, 5) is 12.4. The lowest BCUT2D eigenvalue weighted by atomic mass is 10.1. The van der Waals surface area contributed by atoms with Crippen molar-refractivity contribution in [1.82, 2.24) is 5.32 Å². The molecule has 1 heterocycles. The minimum Gasteiger partial charge on any atom is -0.486 e. The van der Waals surface area contributed by atoms with Crippen LogP contribution in [0.4, 0.5) is 0 Å². The summed E-state index contributed by atoms with van der Waals surface area (Å²) >= 11 is 6.22. The predicted molar refractivity (Wildman–Crippen MR) is 108 cm³/mol. The van der Waals surface area contributed by atoms with Gasteiger partial charge in [0, 0.05) is 15.8 Å². The van der Waals surface area contributed by atoms with Crippen LogP contribution in [-0.2, 0) is 4.79 Å². The highest BCUT2D eigenvalue weighted by Gasteiger charge is 2.16. The van der Waals surface area contributed by atoms with Gasteiger partial charge in [-0.2, -0.15) is 0 Å². The fourth-order valence-corrected chi connectivity index (χ4v) is 3.43. The Hall–Kier alpha value is -2.92. The lowest BCUT2D eigenvalue weighted by Gasteiger charge is -2.21. The highest BCUT2D eigenvalue weighted by atomic mass is 35.5. The van der Waals surface area contributed by atoms with Gasteiger partial charge in [-0.1, -0.05) is 41.9 Å². The molecule has 144 valence electrons. The highest BCUT2D eigenvalue weighted by molar-refractivity contribution is 6.35. The van der Waals surface area contributed by atoms with Crippen molar-refractivity contribution < 1.29 is 19.0 Å². The fourth-order valence-electron chi connectivity index (χ4n) is 3.20. The van der Waals surface area contributed by atoms with E-state index in [9.17, 15) is 4.79 Å². The number of rotatable bonds is 5. The first-order chi connectivity index (χ1) is 13.6. The first-order valence-corrected chi connectivity index (χ1v) is 9.48. The molecule has 0 spiro atoms. The SMILES string of the molecule is CC(NC(=O)COc1ccc(Cl)c2ccccc12)c1ccc2c(c1)OCCO2. The van der Waals surface area contributed by atoms with Gasteiger partial charge in [-0.15, -0.1) is 0 Å². The van der Waals surface area contributed by atoms with Crippen LogP contribution in [0.2, 0.25) is 5.02 Å². The lowest BCUT2D eigenvalue weighted by molar-refractivity contribution is -0.123.